The van der Waals surface area contributed by atoms with E-state index in [0.29, 0.717) is 5.56 Å². The first-order valence-electron chi connectivity index (χ1n) is 7.36. The maximum absolute atomic E-state index is 13.8. The first-order valence-corrected chi connectivity index (χ1v) is 7.36. The third-order valence-corrected chi connectivity index (χ3v) is 3.30. The molecule has 0 radical (unpaired) electrons. The Morgan fingerprint density at radius 1 is 0.917 bits per heavy atom. The Hall–Kier alpha value is -2.76. The van der Waals surface area contributed by atoms with Gasteiger partial charge in [-0.3, -0.25) is 15.0 Å². The van der Waals surface area contributed by atoms with Gasteiger partial charge in [0.2, 0.25) is 0 Å². The van der Waals surface area contributed by atoms with Crippen LogP contribution >= 0.6 is 0 Å². The fourth-order valence-electron chi connectivity index (χ4n) is 2.11. The third-order valence-electron chi connectivity index (χ3n) is 3.30. The Kier molecular flexibility index (Phi) is 4.97. The van der Waals surface area contributed by atoms with Crippen LogP contribution in [-0.4, -0.2) is 22.4 Å². The highest BCUT2D eigenvalue weighted by molar-refractivity contribution is 5.99. The molecule has 2 rings (SSSR count). The lowest BCUT2D eigenvalue weighted by atomic mass is 10.1. The van der Waals surface area contributed by atoms with E-state index >= 15 is 0 Å². The van der Waals surface area contributed by atoms with Gasteiger partial charge in [0.25, 0.3) is 11.8 Å². The number of amides is 2. The Morgan fingerprint density at radius 2 is 1.46 bits per heavy atom. The van der Waals surface area contributed by atoms with Crippen LogP contribution in [0.5, 0.6) is 0 Å². The van der Waals surface area contributed by atoms with Crippen LogP contribution < -0.4 is 5.43 Å². The molecule has 1 N–H and O–H groups in total. The number of nitrogens with zero attached hydrogens (tertiary/aromatic N) is 1. The van der Waals surface area contributed by atoms with Crippen LogP contribution in [0.25, 0.3) is 0 Å². The number of halogens is 2. The lowest BCUT2D eigenvalue weighted by molar-refractivity contribution is 0.0355. The summed E-state index contributed by atoms with van der Waals surface area (Å²) in [4.78, 5) is 24.9. The smallest absolute Gasteiger partial charge is 0.267 e. The van der Waals surface area contributed by atoms with Gasteiger partial charge < -0.3 is 0 Å². The molecule has 2 amide bonds. The number of carbonyl (C=O) groups excluding carboxylic acids is 2. The Labute approximate surface area is 139 Å². The second-order valence-corrected chi connectivity index (χ2v) is 6.21. The zero-order valence-electron chi connectivity index (χ0n) is 13.6. The summed E-state index contributed by atoms with van der Waals surface area (Å²) in [6.45, 7) is 5.10. The van der Waals surface area contributed by atoms with Crippen molar-refractivity contribution in [3.8, 4) is 0 Å². The van der Waals surface area contributed by atoms with Crippen LogP contribution in [-0.2, 0) is 0 Å². The van der Waals surface area contributed by atoms with E-state index in [-0.39, 0.29) is 0 Å². The van der Waals surface area contributed by atoms with Crippen molar-refractivity contribution in [2.75, 3.05) is 0 Å². The van der Waals surface area contributed by atoms with Gasteiger partial charge in [-0.05, 0) is 45.0 Å². The molecule has 0 fully saturated rings. The van der Waals surface area contributed by atoms with Crippen LogP contribution in [0.1, 0.15) is 41.5 Å². The normalized spacial score (nSPS) is 11.0. The van der Waals surface area contributed by atoms with Crippen molar-refractivity contribution in [1.82, 2.24) is 10.4 Å². The van der Waals surface area contributed by atoms with Gasteiger partial charge in [-0.25, -0.2) is 13.8 Å². The van der Waals surface area contributed by atoms with Crippen molar-refractivity contribution in [2.45, 2.75) is 26.3 Å². The van der Waals surface area contributed by atoms with Gasteiger partial charge in [-0.15, -0.1) is 0 Å². The van der Waals surface area contributed by atoms with Crippen molar-refractivity contribution in [3.63, 3.8) is 0 Å². The monoisotopic (exact) mass is 332 g/mol. The summed E-state index contributed by atoms with van der Waals surface area (Å²) in [6, 6.07) is 11.5. The van der Waals surface area contributed by atoms with Gasteiger partial charge in [0.15, 0.2) is 0 Å². The molecule has 126 valence electrons. The van der Waals surface area contributed by atoms with Crippen molar-refractivity contribution in [3.05, 3.63) is 71.3 Å². The molecule has 0 atom stereocenters. The van der Waals surface area contributed by atoms with Crippen LogP contribution in [0.15, 0.2) is 48.5 Å². The molecule has 6 heteroatoms. The summed E-state index contributed by atoms with van der Waals surface area (Å²) in [6.07, 6.45) is 0. The molecule has 0 aliphatic carbocycles. The molecule has 0 aliphatic heterocycles. The van der Waals surface area contributed by atoms with Gasteiger partial charge in [0.1, 0.15) is 17.2 Å². The molecule has 0 bridgehead atoms. The lowest BCUT2D eigenvalue weighted by Gasteiger charge is -2.35. The molecule has 0 spiro atoms. The molecule has 0 aliphatic rings. The number of rotatable bonds is 2. The van der Waals surface area contributed by atoms with Crippen molar-refractivity contribution in [1.29, 1.82) is 0 Å². The van der Waals surface area contributed by atoms with Crippen molar-refractivity contribution < 1.29 is 18.4 Å². The summed E-state index contributed by atoms with van der Waals surface area (Å²) < 4.78 is 27.5. The molecule has 0 saturated heterocycles. The van der Waals surface area contributed by atoms with E-state index in [1.165, 1.54) is 0 Å². The molecule has 0 saturated carbocycles. The maximum atomic E-state index is 13.8. The third kappa shape index (κ3) is 3.76. The Balaban J connectivity index is 2.34. The van der Waals surface area contributed by atoms with E-state index in [9.17, 15) is 18.4 Å². The second kappa shape index (κ2) is 6.78. The largest absolute Gasteiger partial charge is 0.275 e. The van der Waals surface area contributed by atoms with Crippen LogP contribution in [0.3, 0.4) is 0 Å². The summed E-state index contributed by atoms with van der Waals surface area (Å²) >= 11 is 0. The highest BCUT2D eigenvalue weighted by atomic mass is 19.1. The van der Waals surface area contributed by atoms with Gasteiger partial charge in [0.05, 0.1) is 5.54 Å². The quantitative estimate of drug-likeness (QED) is 0.855. The minimum atomic E-state index is -1.02. The standard InChI is InChI=1S/C18H18F2N2O2/c1-18(2,3)22(17(24)12-8-5-4-6-9-12)21-16(23)15-13(19)10-7-11-14(15)20/h4-11H,1-3H3,(H,21,23). The first kappa shape index (κ1) is 17.6. The van der Waals surface area contributed by atoms with Crippen molar-refractivity contribution >= 4 is 11.8 Å². The summed E-state index contributed by atoms with van der Waals surface area (Å²) in [5.41, 5.74) is 1.14. The lowest BCUT2D eigenvalue weighted by Crippen LogP contribution is -2.56. The molecule has 0 heterocycles. The number of hydrogen-bond acceptors (Lipinski definition) is 2. The highest BCUT2D eigenvalue weighted by Crippen LogP contribution is 2.17. The summed E-state index contributed by atoms with van der Waals surface area (Å²) in [7, 11) is 0. The Bertz CT molecular complexity index is 735. The molecule has 4 nitrogen and oxygen atoms in total. The van der Waals surface area contributed by atoms with E-state index in [4.69, 9.17) is 0 Å². The van der Waals surface area contributed by atoms with Gasteiger partial charge in [-0.1, -0.05) is 24.3 Å². The highest BCUT2D eigenvalue weighted by Gasteiger charge is 2.31. The average molecular weight is 332 g/mol. The van der Waals surface area contributed by atoms with E-state index in [1.807, 2.05) is 0 Å². The van der Waals surface area contributed by atoms with E-state index in [0.717, 1.165) is 23.2 Å². The number of carbonyl (C=O) groups is 2. The topological polar surface area (TPSA) is 49.4 Å². The zero-order chi connectivity index (χ0) is 17.9. The predicted molar refractivity (Wildman–Crippen MR) is 86.2 cm³/mol. The van der Waals surface area contributed by atoms with Crippen LogP contribution in [0.4, 0.5) is 8.78 Å². The predicted octanol–water partition coefficient (Wildman–Crippen LogP) is 3.55. The fraction of sp³-hybridized carbons (Fsp3) is 0.222. The Morgan fingerprint density at radius 3 is 1.96 bits per heavy atom. The minimum Gasteiger partial charge on any atom is -0.267 e. The minimum absolute atomic E-state index is 0.349. The van der Waals surface area contributed by atoms with Gasteiger partial charge in [-0.2, -0.15) is 0 Å². The van der Waals surface area contributed by atoms with Crippen LogP contribution in [0.2, 0.25) is 0 Å². The number of nitrogens with one attached hydrogen (secondary N) is 1. The number of hydrazine groups is 1. The molecular weight excluding hydrogens is 314 g/mol. The average Bonchev–Trinajstić information content (AvgIpc) is 2.51. The maximum Gasteiger partial charge on any atom is 0.275 e. The summed E-state index contributed by atoms with van der Waals surface area (Å²) in [5, 5.41) is 1.07. The molecule has 24 heavy (non-hydrogen) atoms. The number of hydrogen-bond donors (Lipinski definition) is 1. The van der Waals surface area contributed by atoms with E-state index in [1.54, 1.807) is 51.1 Å². The SMILES string of the molecule is CC(C)(C)N(NC(=O)c1c(F)cccc1F)C(=O)c1ccccc1. The van der Waals surface area contributed by atoms with E-state index < -0.39 is 34.6 Å². The molecule has 2 aromatic rings. The van der Waals surface area contributed by atoms with Gasteiger partial charge in [0, 0.05) is 5.56 Å². The molecule has 2 aromatic carbocycles. The fourth-order valence-corrected chi connectivity index (χ4v) is 2.11. The van der Waals surface area contributed by atoms with Crippen LogP contribution in [0, 0.1) is 11.6 Å². The van der Waals surface area contributed by atoms with Crippen molar-refractivity contribution in [2.24, 2.45) is 0 Å². The van der Waals surface area contributed by atoms with Gasteiger partial charge >= 0.3 is 0 Å². The molecule has 0 unspecified atom stereocenters. The molecule has 0 aromatic heterocycles. The molecular formula is C18H18F2N2O2. The second-order valence-electron chi connectivity index (χ2n) is 6.21. The first-order chi connectivity index (χ1) is 11.2. The zero-order valence-corrected chi connectivity index (χ0v) is 13.6. The summed E-state index contributed by atoms with van der Waals surface area (Å²) in [5.74, 6) is -3.49. The number of benzene rings is 2. The van der Waals surface area contributed by atoms with E-state index in [2.05, 4.69) is 5.43 Å².